The normalized spacial score (nSPS) is 22.3. The number of aliphatic carboxylic acids is 1. The molecular weight excluding hydrogens is 382 g/mol. The van der Waals surface area contributed by atoms with Crippen LogP contribution in [0, 0.1) is 5.92 Å². The van der Waals surface area contributed by atoms with Crippen LogP contribution in [0.3, 0.4) is 0 Å². The average molecular weight is 403 g/mol. The number of thiocarbonyl (C=S) groups is 1. The number of nitrogens with zero attached hydrogens (tertiary/aromatic N) is 2. The maximum absolute atomic E-state index is 12.9. The van der Waals surface area contributed by atoms with Gasteiger partial charge in [-0.1, -0.05) is 42.5 Å². The van der Waals surface area contributed by atoms with Crippen molar-refractivity contribution in [3.63, 3.8) is 0 Å². The van der Waals surface area contributed by atoms with Crippen LogP contribution in [0.2, 0.25) is 0 Å². The minimum Gasteiger partial charge on any atom is -0.481 e. The molecule has 2 fully saturated rings. The molecule has 3 rings (SSSR count). The van der Waals surface area contributed by atoms with Crippen LogP contribution in [0.25, 0.3) is 0 Å². The average Bonchev–Trinajstić information content (AvgIpc) is 2.80. The molecule has 2 atom stereocenters. The molecule has 0 bridgehead atoms. The van der Waals surface area contributed by atoms with E-state index < -0.39 is 29.7 Å². The third kappa shape index (κ3) is 4.36. The summed E-state index contributed by atoms with van der Waals surface area (Å²) in [6.07, 6.45) is 0.820. The monoisotopic (exact) mass is 403 g/mol. The summed E-state index contributed by atoms with van der Waals surface area (Å²) in [6.45, 7) is 0.0926. The Morgan fingerprint density at radius 1 is 1.14 bits per heavy atom. The van der Waals surface area contributed by atoms with E-state index in [1.54, 1.807) is 0 Å². The second-order valence-corrected chi connectivity index (χ2v) is 7.40. The molecule has 8 nitrogen and oxygen atoms in total. The van der Waals surface area contributed by atoms with E-state index in [1.165, 1.54) is 10.0 Å². The molecule has 0 saturated carbocycles. The topological polar surface area (TPSA) is 107 Å². The van der Waals surface area contributed by atoms with Crippen molar-refractivity contribution in [2.45, 2.75) is 31.7 Å². The molecule has 2 aliphatic rings. The largest absolute Gasteiger partial charge is 0.481 e. The van der Waals surface area contributed by atoms with E-state index in [0.29, 0.717) is 6.42 Å². The predicted molar refractivity (Wildman–Crippen MR) is 103 cm³/mol. The van der Waals surface area contributed by atoms with E-state index in [-0.39, 0.29) is 43.1 Å². The third-order valence-corrected chi connectivity index (χ3v) is 5.31. The maximum atomic E-state index is 12.9. The summed E-state index contributed by atoms with van der Waals surface area (Å²) in [5.74, 6) is -2.99. The summed E-state index contributed by atoms with van der Waals surface area (Å²) in [4.78, 5) is 49.1. The van der Waals surface area contributed by atoms with E-state index in [0.717, 1.165) is 5.56 Å². The van der Waals surface area contributed by atoms with Gasteiger partial charge in [-0.2, -0.15) is 0 Å². The molecule has 28 heavy (non-hydrogen) atoms. The Bertz CT molecular complexity index is 813. The van der Waals surface area contributed by atoms with E-state index in [4.69, 9.17) is 12.2 Å². The maximum Gasteiger partial charge on any atom is 0.308 e. The number of carboxylic acids is 1. The van der Waals surface area contributed by atoms with Crippen LogP contribution in [0.5, 0.6) is 0 Å². The van der Waals surface area contributed by atoms with Crippen molar-refractivity contribution < 1.29 is 24.3 Å². The minimum atomic E-state index is -1.01. The molecule has 1 aromatic rings. The van der Waals surface area contributed by atoms with Gasteiger partial charge < -0.3 is 10.4 Å². The van der Waals surface area contributed by atoms with Crippen LogP contribution >= 0.6 is 12.2 Å². The Hall–Kier alpha value is -2.81. The molecule has 9 heteroatoms. The van der Waals surface area contributed by atoms with Gasteiger partial charge in [0.1, 0.15) is 6.04 Å². The first-order valence-corrected chi connectivity index (χ1v) is 9.49. The van der Waals surface area contributed by atoms with Gasteiger partial charge in [-0.05, 0) is 18.4 Å². The van der Waals surface area contributed by atoms with Crippen LogP contribution in [0.1, 0.15) is 24.8 Å². The van der Waals surface area contributed by atoms with Gasteiger partial charge in [-0.15, -0.1) is 0 Å². The summed E-state index contributed by atoms with van der Waals surface area (Å²) >= 11 is 5.20. The van der Waals surface area contributed by atoms with Gasteiger partial charge in [0.2, 0.25) is 5.91 Å². The molecule has 0 aliphatic carbocycles. The van der Waals surface area contributed by atoms with Crippen LogP contribution in [0.15, 0.2) is 30.3 Å². The molecule has 1 aromatic carbocycles. The fourth-order valence-corrected chi connectivity index (χ4v) is 3.63. The number of benzene rings is 1. The van der Waals surface area contributed by atoms with Crippen molar-refractivity contribution in [2.24, 2.45) is 5.92 Å². The van der Waals surface area contributed by atoms with E-state index >= 15 is 0 Å². The van der Waals surface area contributed by atoms with Gasteiger partial charge in [-0.3, -0.25) is 24.2 Å². The van der Waals surface area contributed by atoms with E-state index in [2.05, 4.69) is 5.32 Å². The lowest BCUT2D eigenvalue weighted by molar-refractivity contribution is -0.173. The highest BCUT2D eigenvalue weighted by Crippen LogP contribution is 2.23. The fraction of sp³-hybridized carbons (Fsp3) is 0.421. The van der Waals surface area contributed by atoms with Crippen molar-refractivity contribution in [3.05, 3.63) is 35.9 Å². The van der Waals surface area contributed by atoms with Crippen molar-refractivity contribution in [3.8, 4) is 0 Å². The zero-order valence-electron chi connectivity index (χ0n) is 15.2. The van der Waals surface area contributed by atoms with Gasteiger partial charge in [0.15, 0.2) is 0 Å². The number of carboxylic acid groups (broad SMARTS) is 1. The second kappa shape index (κ2) is 8.47. The third-order valence-electron chi connectivity index (χ3n) is 4.98. The predicted octanol–water partition coefficient (Wildman–Crippen LogP) is 0.554. The first-order chi connectivity index (χ1) is 13.4. The molecule has 148 valence electrons. The number of amides is 3. The Morgan fingerprint density at radius 2 is 1.86 bits per heavy atom. The molecule has 0 aromatic heterocycles. The van der Waals surface area contributed by atoms with Crippen LogP contribution < -0.4 is 5.32 Å². The summed E-state index contributed by atoms with van der Waals surface area (Å²) in [7, 11) is 0. The number of nitrogens with one attached hydrogen (secondary N) is 1. The molecule has 2 aliphatic heterocycles. The van der Waals surface area contributed by atoms with Gasteiger partial charge >= 0.3 is 5.97 Å². The fourth-order valence-electron chi connectivity index (χ4n) is 3.40. The number of carbonyl (C=O) groups is 4. The number of hydrazine groups is 1. The molecule has 2 saturated heterocycles. The smallest absolute Gasteiger partial charge is 0.308 e. The van der Waals surface area contributed by atoms with Crippen LogP contribution in [0.4, 0.5) is 0 Å². The SMILES string of the molecule is O=C(N[C@H]1CCC(=O)N2CC[C@H](C(=O)O)CN2C1=O)C(=S)Cc1ccccc1. The summed E-state index contributed by atoms with van der Waals surface area (Å²) in [5, 5.41) is 14.3. The van der Waals surface area contributed by atoms with E-state index in [9.17, 15) is 24.3 Å². The van der Waals surface area contributed by atoms with E-state index in [1.807, 2.05) is 30.3 Å². The van der Waals surface area contributed by atoms with Crippen molar-refractivity contribution in [2.75, 3.05) is 13.1 Å². The summed E-state index contributed by atoms with van der Waals surface area (Å²) in [5.41, 5.74) is 0.886. The Labute approximate surface area is 167 Å². The van der Waals surface area contributed by atoms with Crippen molar-refractivity contribution in [1.82, 2.24) is 15.3 Å². The first-order valence-electron chi connectivity index (χ1n) is 9.09. The minimum absolute atomic E-state index is 0.0826. The molecular formula is C19H21N3O5S. The van der Waals surface area contributed by atoms with Crippen molar-refractivity contribution >= 4 is 40.8 Å². The molecule has 0 radical (unpaired) electrons. The summed E-state index contributed by atoms with van der Waals surface area (Å²) in [6, 6.07) is 8.35. The standard InChI is InChI=1S/C19H21N3O5S/c23-16-7-6-14(18(25)22-11-13(19(26)27)8-9-21(16)22)20-17(24)15(28)10-12-4-2-1-3-5-12/h1-5,13-14H,6-11H2,(H,20,24)(H,26,27)/t13-,14-/m0/s1. The highest BCUT2D eigenvalue weighted by Gasteiger charge is 2.41. The zero-order valence-corrected chi connectivity index (χ0v) is 16.0. The van der Waals surface area contributed by atoms with Gasteiger partial charge in [0.05, 0.1) is 17.3 Å². The lowest BCUT2D eigenvalue weighted by Gasteiger charge is -2.40. The highest BCUT2D eigenvalue weighted by atomic mass is 32.1. The number of carbonyl (C=O) groups excluding carboxylic acids is 3. The first kappa shape index (κ1) is 19.9. The number of hydrogen-bond acceptors (Lipinski definition) is 5. The Kier molecular flexibility index (Phi) is 6.03. The summed E-state index contributed by atoms with van der Waals surface area (Å²) < 4.78 is 0. The van der Waals surface area contributed by atoms with Gasteiger partial charge in [0.25, 0.3) is 11.8 Å². The molecule has 2 heterocycles. The van der Waals surface area contributed by atoms with Gasteiger partial charge in [-0.25, -0.2) is 5.01 Å². The zero-order chi connectivity index (χ0) is 20.3. The molecule has 0 unspecified atom stereocenters. The Balaban J connectivity index is 1.68. The van der Waals surface area contributed by atoms with Crippen LogP contribution in [-0.4, -0.2) is 62.8 Å². The number of rotatable bonds is 5. The van der Waals surface area contributed by atoms with Gasteiger partial charge in [0, 0.05) is 19.4 Å². The number of fused-ring (bicyclic) bond motifs is 1. The Morgan fingerprint density at radius 3 is 2.54 bits per heavy atom. The quantitative estimate of drug-likeness (QED) is 0.696. The molecule has 0 spiro atoms. The highest BCUT2D eigenvalue weighted by molar-refractivity contribution is 7.82. The molecule has 2 N–H and O–H groups in total. The van der Waals surface area contributed by atoms with Crippen LogP contribution in [-0.2, 0) is 25.6 Å². The number of hydrogen-bond donors (Lipinski definition) is 2. The molecule has 3 amide bonds. The lowest BCUT2D eigenvalue weighted by Crippen LogP contribution is -2.59. The second-order valence-electron chi connectivity index (χ2n) is 6.91. The lowest BCUT2D eigenvalue weighted by atomic mass is 10.0. The van der Waals surface area contributed by atoms with Crippen molar-refractivity contribution in [1.29, 1.82) is 0 Å².